The lowest BCUT2D eigenvalue weighted by Gasteiger charge is -2.12. The first-order valence-electron chi connectivity index (χ1n) is 13.3. The summed E-state index contributed by atoms with van der Waals surface area (Å²) < 4.78 is 39.6. The fraction of sp³-hybridized carbons (Fsp3) is 0.0938. The SMILES string of the molecule is [2H]C([2H])([2H])c1cnc(-c2cccc3c2oc2ccc(C([2H])(C)c4ccccc4)cc23)cc1-c1ccccc1. The summed E-state index contributed by atoms with van der Waals surface area (Å²) in [6, 6.07) is 33.0. The van der Waals surface area contributed by atoms with Gasteiger partial charge in [0.15, 0.2) is 0 Å². The molecule has 2 nitrogen and oxygen atoms in total. The number of aryl methyl sites for hydroxylation is 1. The van der Waals surface area contributed by atoms with E-state index in [1.165, 1.54) is 6.20 Å². The highest BCUT2D eigenvalue weighted by atomic mass is 16.3. The first-order valence-corrected chi connectivity index (χ1v) is 11.3. The molecule has 0 aliphatic rings. The number of rotatable bonds is 4. The summed E-state index contributed by atoms with van der Waals surface area (Å²) in [5, 5.41) is 1.85. The Morgan fingerprint density at radius 3 is 2.35 bits per heavy atom. The Hall–Kier alpha value is -4.17. The van der Waals surface area contributed by atoms with Gasteiger partial charge in [-0.25, -0.2) is 0 Å². The Balaban J connectivity index is 1.52. The zero-order valence-corrected chi connectivity index (χ0v) is 18.7. The highest BCUT2D eigenvalue weighted by Crippen LogP contribution is 2.38. The number of para-hydroxylation sites is 1. The fourth-order valence-corrected chi connectivity index (χ4v) is 4.55. The van der Waals surface area contributed by atoms with Crippen LogP contribution in [0.2, 0.25) is 0 Å². The van der Waals surface area contributed by atoms with Gasteiger partial charge < -0.3 is 4.42 Å². The van der Waals surface area contributed by atoms with E-state index in [2.05, 4.69) is 4.98 Å². The molecule has 34 heavy (non-hydrogen) atoms. The van der Waals surface area contributed by atoms with Crippen LogP contribution in [0.1, 0.15) is 35.0 Å². The van der Waals surface area contributed by atoms with E-state index in [0.29, 0.717) is 16.8 Å². The number of aromatic nitrogens is 1. The second-order valence-electron chi connectivity index (χ2n) is 8.47. The molecule has 0 saturated carbocycles. The zero-order chi connectivity index (χ0) is 26.5. The Kier molecular flexibility index (Phi) is 4.02. The number of pyridine rings is 1. The number of fused-ring (bicyclic) bond motifs is 3. The van der Waals surface area contributed by atoms with Crippen molar-refractivity contribution in [2.24, 2.45) is 0 Å². The summed E-state index contributed by atoms with van der Waals surface area (Å²) in [5.41, 5.74) is 6.27. The monoisotopic (exact) mass is 443 g/mol. The molecule has 0 aliphatic carbocycles. The van der Waals surface area contributed by atoms with E-state index < -0.39 is 12.7 Å². The minimum absolute atomic E-state index is 0.213. The number of hydrogen-bond donors (Lipinski definition) is 0. The molecule has 1 unspecified atom stereocenters. The number of hydrogen-bond acceptors (Lipinski definition) is 2. The lowest BCUT2D eigenvalue weighted by Crippen LogP contribution is -1.95. The molecule has 6 rings (SSSR count). The summed E-state index contributed by atoms with van der Waals surface area (Å²) in [6.45, 7) is -0.390. The first kappa shape index (κ1) is 16.4. The van der Waals surface area contributed by atoms with Gasteiger partial charge >= 0.3 is 0 Å². The van der Waals surface area contributed by atoms with Gasteiger partial charge in [-0.3, -0.25) is 4.98 Å². The van der Waals surface area contributed by atoms with Crippen LogP contribution < -0.4 is 0 Å². The Morgan fingerprint density at radius 1 is 0.765 bits per heavy atom. The quantitative estimate of drug-likeness (QED) is 0.272. The van der Waals surface area contributed by atoms with Gasteiger partial charge in [0.25, 0.3) is 0 Å². The van der Waals surface area contributed by atoms with Gasteiger partial charge in [-0.15, -0.1) is 0 Å². The summed E-state index contributed by atoms with van der Waals surface area (Å²) >= 11 is 0. The van der Waals surface area contributed by atoms with Crippen molar-refractivity contribution in [1.29, 1.82) is 0 Å². The summed E-state index contributed by atoms with van der Waals surface area (Å²) in [6.07, 6.45) is 1.45. The van der Waals surface area contributed by atoms with Crippen molar-refractivity contribution < 1.29 is 9.90 Å². The molecule has 4 aromatic carbocycles. The maximum Gasteiger partial charge on any atom is 0.144 e. The van der Waals surface area contributed by atoms with Crippen LogP contribution in [0.25, 0.3) is 44.3 Å². The number of benzene rings is 4. The molecule has 0 N–H and O–H groups in total. The van der Waals surface area contributed by atoms with E-state index in [1.807, 2.05) is 110 Å². The topological polar surface area (TPSA) is 26.0 Å². The van der Waals surface area contributed by atoms with Crippen LogP contribution in [0, 0.1) is 6.85 Å². The summed E-state index contributed by atoms with van der Waals surface area (Å²) in [7, 11) is 0. The molecule has 0 radical (unpaired) electrons. The second kappa shape index (κ2) is 8.31. The van der Waals surface area contributed by atoms with Gasteiger partial charge in [0.1, 0.15) is 11.2 Å². The zero-order valence-electron chi connectivity index (χ0n) is 22.7. The van der Waals surface area contributed by atoms with Crippen molar-refractivity contribution in [3.8, 4) is 22.4 Å². The maximum atomic E-state index is 9.11. The summed E-state index contributed by atoms with van der Waals surface area (Å²) in [5.74, 6) is -0.923. The largest absolute Gasteiger partial charge is 0.455 e. The fourth-order valence-electron chi connectivity index (χ4n) is 4.55. The molecule has 0 bridgehead atoms. The second-order valence-corrected chi connectivity index (χ2v) is 8.47. The van der Waals surface area contributed by atoms with E-state index in [1.54, 1.807) is 0 Å². The molecule has 0 amide bonds. The van der Waals surface area contributed by atoms with E-state index >= 15 is 0 Å². The van der Waals surface area contributed by atoms with Crippen LogP contribution in [0.4, 0.5) is 0 Å². The van der Waals surface area contributed by atoms with E-state index in [-0.39, 0.29) is 5.56 Å². The average molecular weight is 444 g/mol. The van der Waals surface area contributed by atoms with Gasteiger partial charge in [0.05, 0.1) is 5.69 Å². The predicted octanol–water partition coefficient (Wildman–Crippen LogP) is 8.78. The third-order valence-corrected chi connectivity index (χ3v) is 6.40. The smallest absolute Gasteiger partial charge is 0.144 e. The van der Waals surface area contributed by atoms with Crippen molar-refractivity contribution in [3.05, 3.63) is 126 Å². The molecule has 2 heterocycles. The van der Waals surface area contributed by atoms with E-state index in [4.69, 9.17) is 9.90 Å². The standard InChI is InChI=1S/C32H25NO/c1-21-20-33-30(19-28(21)24-12-7-4-8-13-24)27-15-9-14-26-29-18-25(16-17-31(29)34-32(26)27)22(2)23-10-5-3-6-11-23/h3-20,22H,1-2H3/i1D3,22D. The lowest BCUT2D eigenvalue weighted by atomic mass is 9.92. The predicted molar refractivity (Wildman–Crippen MR) is 141 cm³/mol. The van der Waals surface area contributed by atoms with Gasteiger partial charge in [0, 0.05) is 33.9 Å². The molecule has 0 fully saturated rings. The molecular weight excluding hydrogens is 414 g/mol. The highest BCUT2D eigenvalue weighted by molar-refractivity contribution is 6.09. The number of nitrogens with zero attached hydrogens (tertiary/aromatic N) is 1. The minimum atomic E-state index is -2.29. The van der Waals surface area contributed by atoms with E-state index in [9.17, 15) is 0 Å². The first-order chi connectivity index (χ1) is 18.2. The van der Waals surface area contributed by atoms with Crippen LogP contribution in [-0.2, 0) is 0 Å². The van der Waals surface area contributed by atoms with Crippen LogP contribution in [0.3, 0.4) is 0 Å². The van der Waals surface area contributed by atoms with Crippen molar-refractivity contribution in [2.75, 3.05) is 0 Å². The molecule has 6 aromatic rings. The van der Waals surface area contributed by atoms with Gasteiger partial charge in [-0.05, 0) is 58.9 Å². The Bertz CT molecular complexity index is 1770. The van der Waals surface area contributed by atoms with Crippen molar-refractivity contribution in [1.82, 2.24) is 4.98 Å². The summed E-state index contributed by atoms with van der Waals surface area (Å²) in [4.78, 5) is 4.57. The van der Waals surface area contributed by atoms with E-state index in [0.717, 1.165) is 38.6 Å². The van der Waals surface area contributed by atoms with Crippen molar-refractivity contribution in [2.45, 2.75) is 19.7 Å². The third-order valence-electron chi connectivity index (χ3n) is 6.40. The molecule has 2 aromatic heterocycles. The normalized spacial score (nSPS) is 15.3. The molecule has 164 valence electrons. The molecular formula is C32H25NO. The van der Waals surface area contributed by atoms with Gasteiger partial charge in [-0.2, -0.15) is 0 Å². The molecule has 1 atom stereocenters. The average Bonchev–Trinajstić information content (AvgIpc) is 3.31. The highest BCUT2D eigenvalue weighted by Gasteiger charge is 2.16. The lowest BCUT2D eigenvalue weighted by molar-refractivity contribution is 0.669. The Labute approximate surface area is 205 Å². The van der Waals surface area contributed by atoms with Crippen LogP contribution >= 0.6 is 0 Å². The maximum absolute atomic E-state index is 9.11. The van der Waals surface area contributed by atoms with Gasteiger partial charge in [-0.1, -0.05) is 85.8 Å². The van der Waals surface area contributed by atoms with Crippen molar-refractivity contribution >= 4 is 21.9 Å². The van der Waals surface area contributed by atoms with Crippen molar-refractivity contribution in [3.63, 3.8) is 0 Å². The molecule has 0 aliphatic heterocycles. The molecule has 0 saturated heterocycles. The van der Waals surface area contributed by atoms with Crippen LogP contribution in [-0.4, -0.2) is 4.98 Å². The molecule has 0 spiro atoms. The Morgan fingerprint density at radius 2 is 1.56 bits per heavy atom. The third kappa shape index (κ3) is 3.48. The van der Waals surface area contributed by atoms with Crippen LogP contribution in [0.5, 0.6) is 0 Å². The minimum Gasteiger partial charge on any atom is -0.455 e. The van der Waals surface area contributed by atoms with Gasteiger partial charge in [0.2, 0.25) is 0 Å². The molecule has 2 heteroatoms. The van der Waals surface area contributed by atoms with Crippen LogP contribution in [0.15, 0.2) is 114 Å². The number of furan rings is 1.